The van der Waals surface area contributed by atoms with Crippen molar-refractivity contribution in [2.24, 2.45) is 0 Å². The Kier molecular flexibility index (Phi) is 3.10. The molecule has 0 fully saturated rings. The molecule has 3 rings (SSSR count). The molecular weight excluding hydrogens is 270 g/mol. The number of aromatic amines is 1. The molecule has 0 atom stereocenters. The Balaban J connectivity index is 2.04. The van der Waals surface area contributed by atoms with E-state index >= 15 is 0 Å². The van der Waals surface area contributed by atoms with Gasteiger partial charge in [0.15, 0.2) is 16.6 Å². The molecule has 3 aromatic rings. The Bertz CT molecular complexity index is 770. The van der Waals surface area contributed by atoms with E-state index in [0.717, 1.165) is 5.16 Å². The molecule has 0 bridgehead atoms. The lowest BCUT2D eigenvalue weighted by molar-refractivity contribution is 1.06. The van der Waals surface area contributed by atoms with E-state index in [1.807, 2.05) is 0 Å². The second-order valence-electron chi connectivity index (χ2n) is 4.83. The first-order chi connectivity index (χ1) is 9.54. The van der Waals surface area contributed by atoms with Crippen LogP contribution in [0.15, 0.2) is 28.5 Å². The number of aromatic nitrogens is 4. The van der Waals surface area contributed by atoms with Gasteiger partial charge in [-0.05, 0) is 31.9 Å². The monoisotopic (exact) mass is 285 g/mol. The summed E-state index contributed by atoms with van der Waals surface area (Å²) in [6, 6.07) is 4.35. The van der Waals surface area contributed by atoms with Gasteiger partial charge in [-0.3, -0.25) is 0 Å². The van der Waals surface area contributed by atoms with Crippen LogP contribution >= 0.6 is 11.8 Å². The number of nitrogens with two attached hydrogens (primary N) is 1. The maximum atomic E-state index is 5.81. The van der Waals surface area contributed by atoms with Crippen molar-refractivity contribution in [1.82, 2.24) is 19.9 Å². The van der Waals surface area contributed by atoms with Crippen LogP contribution in [0.5, 0.6) is 0 Å². The predicted octanol–water partition coefficient (Wildman–Crippen LogP) is 3.01. The molecule has 0 radical (unpaired) electrons. The maximum Gasteiger partial charge on any atom is 0.183 e. The molecule has 0 aliphatic heterocycles. The van der Waals surface area contributed by atoms with Gasteiger partial charge in [0.05, 0.1) is 0 Å². The number of anilines is 1. The molecule has 0 aliphatic rings. The normalized spacial score (nSPS) is 11.2. The zero-order chi connectivity index (χ0) is 14.3. The van der Waals surface area contributed by atoms with Crippen LogP contribution in [0, 0.1) is 20.8 Å². The minimum Gasteiger partial charge on any atom is -0.382 e. The SMILES string of the molecule is Cc1cc(C)c(Sc2nc3ncnc(N)c3[nH]2)c(C)c1. The van der Waals surface area contributed by atoms with Gasteiger partial charge < -0.3 is 10.7 Å². The Morgan fingerprint density at radius 2 is 1.80 bits per heavy atom. The van der Waals surface area contributed by atoms with Crippen molar-refractivity contribution in [3.63, 3.8) is 0 Å². The van der Waals surface area contributed by atoms with Crippen molar-refractivity contribution in [2.45, 2.75) is 30.8 Å². The number of fused-ring (bicyclic) bond motifs is 1. The summed E-state index contributed by atoms with van der Waals surface area (Å²) in [7, 11) is 0. The summed E-state index contributed by atoms with van der Waals surface area (Å²) >= 11 is 1.59. The molecule has 0 aliphatic carbocycles. The van der Waals surface area contributed by atoms with E-state index in [-0.39, 0.29) is 0 Å². The van der Waals surface area contributed by atoms with Crippen LogP contribution in [0.3, 0.4) is 0 Å². The molecule has 0 spiro atoms. The molecule has 0 unspecified atom stereocenters. The van der Waals surface area contributed by atoms with Crippen molar-refractivity contribution >= 4 is 28.7 Å². The minimum atomic E-state index is 0.423. The first kappa shape index (κ1) is 12.9. The van der Waals surface area contributed by atoms with Gasteiger partial charge in [-0.25, -0.2) is 15.0 Å². The topological polar surface area (TPSA) is 80.5 Å². The summed E-state index contributed by atoms with van der Waals surface area (Å²) in [5, 5.41) is 0.780. The lowest BCUT2D eigenvalue weighted by Crippen LogP contribution is -1.91. The number of hydrogen-bond donors (Lipinski definition) is 2. The lowest BCUT2D eigenvalue weighted by Gasteiger charge is -2.08. The molecule has 6 heteroatoms. The molecule has 2 heterocycles. The van der Waals surface area contributed by atoms with Crippen molar-refractivity contribution < 1.29 is 0 Å². The first-order valence-electron chi connectivity index (χ1n) is 6.26. The zero-order valence-corrected chi connectivity index (χ0v) is 12.4. The highest BCUT2D eigenvalue weighted by atomic mass is 32.2. The lowest BCUT2D eigenvalue weighted by atomic mass is 10.1. The largest absolute Gasteiger partial charge is 0.382 e. The van der Waals surface area contributed by atoms with E-state index in [4.69, 9.17) is 5.73 Å². The molecule has 20 heavy (non-hydrogen) atoms. The fourth-order valence-electron chi connectivity index (χ4n) is 2.30. The van der Waals surface area contributed by atoms with E-state index in [9.17, 15) is 0 Å². The number of rotatable bonds is 2. The van der Waals surface area contributed by atoms with Crippen LogP contribution in [0.4, 0.5) is 5.82 Å². The fraction of sp³-hybridized carbons (Fsp3) is 0.214. The number of hydrogen-bond acceptors (Lipinski definition) is 5. The highest BCUT2D eigenvalue weighted by Crippen LogP contribution is 2.33. The molecule has 102 valence electrons. The quantitative estimate of drug-likeness (QED) is 0.756. The molecule has 5 nitrogen and oxygen atoms in total. The van der Waals surface area contributed by atoms with Crippen LogP contribution < -0.4 is 5.73 Å². The third-order valence-corrected chi connectivity index (χ3v) is 4.33. The molecule has 2 aromatic heterocycles. The summed E-state index contributed by atoms with van der Waals surface area (Å²) in [5.41, 5.74) is 10.9. The average Bonchev–Trinajstić information content (AvgIpc) is 2.78. The third-order valence-electron chi connectivity index (χ3n) is 3.10. The fourth-order valence-corrected chi connectivity index (χ4v) is 3.22. The molecule has 0 saturated heterocycles. The molecule has 0 amide bonds. The number of nitrogen functional groups attached to an aromatic ring is 1. The summed E-state index contributed by atoms with van der Waals surface area (Å²) in [5.74, 6) is 0.423. The van der Waals surface area contributed by atoms with E-state index < -0.39 is 0 Å². The predicted molar refractivity (Wildman–Crippen MR) is 80.9 cm³/mol. The van der Waals surface area contributed by atoms with Gasteiger partial charge in [-0.1, -0.05) is 29.5 Å². The van der Waals surface area contributed by atoms with Crippen LogP contribution in [0.1, 0.15) is 16.7 Å². The van der Waals surface area contributed by atoms with Crippen LogP contribution in [-0.2, 0) is 0 Å². The van der Waals surface area contributed by atoms with Crippen LogP contribution in [0.2, 0.25) is 0 Å². The average molecular weight is 285 g/mol. The van der Waals surface area contributed by atoms with Crippen molar-refractivity contribution in [1.29, 1.82) is 0 Å². The van der Waals surface area contributed by atoms with Gasteiger partial charge >= 0.3 is 0 Å². The number of nitrogens with zero attached hydrogens (tertiary/aromatic N) is 3. The standard InChI is InChI=1S/C14H15N5S/c1-7-4-8(2)11(9(3)5-7)20-14-18-10-12(15)16-6-17-13(10)19-14/h4-6H,1-3H3,(H3,15,16,17,18,19). The van der Waals surface area contributed by atoms with Crippen LogP contribution in [0.25, 0.3) is 11.2 Å². The van der Waals surface area contributed by atoms with Crippen molar-refractivity contribution in [2.75, 3.05) is 5.73 Å². The number of nitrogens with one attached hydrogen (secondary N) is 1. The second kappa shape index (κ2) is 4.79. The summed E-state index contributed by atoms with van der Waals surface area (Å²) in [6.45, 7) is 6.32. The van der Waals surface area contributed by atoms with Crippen molar-refractivity contribution in [3.05, 3.63) is 35.2 Å². The van der Waals surface area contributed by atoms with Gasteiger partial charge in [0.1, 0.15) is 11.8 Å². The Morgan fingerprint density at radius 3 is 2.45 bits per heavy atom. The maximum absolute atomic E-state index is 5.81. The van der Waals surface area contributed by atoms with Gasteiger partial charge in [0.2, 0.25) is 0 Å². The number of aryl methyl sites for hydroxylation is 3. The summed E-state index contributed by atoms with van der Waals surface area (Å²) in [6.07, 6.45) is 1.43. The smallest absolute Gasteiger partial charge is 0.183 e. The Morgan fingerprint density at radius 1 is 1.10 bits per heavy atom. The minimum absolute atomic E-state index is 0.423. The number of H-pyrrole nitrogens is 1. The van der Waals surface area contributed by atoms with Gasteiger partial charge in [-0.15, -0.1) is 0 Å². The zero-order valence-electron chi connectivity index (χ0n) is 11.6. The van der Waals surface area contributed by atoms with Crippen molar-refractivity contribution in [3.8, 4) is 0 Å². The van der Waals surface area contributed by atoms with Gasteiger partial charge in [-0.2, -0.15) is 0 Å². The van der Waals surface area contributed by atoms with E-state index in [1.165, 1.54) is 27.9 Å². The molecule has 0 saturated carbocycles. The molecular formula is C14H15N5S. The van der Waals surface area contributed by atoms with Crippen LogP contribution in [-0.4, -0.2) is 19.9 Å². The molecule has 3 N–H and O–H groups in total. The van der Waals surface area contributed by atoms with Gasteiger partial charge in [0.25, 0.3) is 0 Å². The van der Waals surface area contributed by atoms with E-state index in [1.54, 1.807) is 11.8 Å². The summed E-state index contributed by atoms with van der Waals surface area (Å²) < 4.78 is 0. The molecule has 1 aromatic carbocycles. The number of benzene rings is 1. The highest BCUT2D eigenvalue weighted by molar-refractivity contribution is 7.99. The Labute approximate surface area is 121 Å². The Hall–Kier alpha value is -2.08. The second-order valence-corrected chi connectivity index (χ2v) is 5.83. The third kappa shape index (κ3) is 2.22. The highest BCUT2D eigenvalue weighted by Gasteiger charge is 2.11. The summed E-state index contributed by atoms with van der Waals surface area (Å²) in [4.78, 5) is 16.9. The number of imidazole rings is 1. The van der Waals surface area contributed by atoms with E-state index in [0.29, 0.717) is 17.0 Å². The van der Waals surface area contributed by atoms with Gasteiger partial charge in [0, 0.05) is 4.90 Å². The van der Waals surface area contributed by atoms with E-state index in [2.05, 4.69) is 52.8 Å². The first-order valence-corrected chi connectivity index (χ1v) is 7.08.